The average Bonchev–Trinajstić information content (AvgIpc) is 3.02. The summed E-state index contributed by atoms with van der Waals surface area (Å²) in [5.41, 5.74) is 1.88. The number of amidine groups is 1. The molecule has 1 N–H and O–H groups in total. The van der Waals surface area contributed by atoms with Gasteiger partial charge in [-0.2, -0.15) is 0 Å². The Morgan fingerprint density at radius 1 is 1.04 bits per heavy atom. The lowest BCUT2D eigenvalue weighted by Crippen LogP contribution is -2.24. The van der Waals surface area contributed by atoms with E-state index >= 15 is 0 Å². The summed E-state index contributed by atoms with van der Waals surface area (Å²) in [4.78, 5) is 16.7. The third-order valence-electron chi connectivity index (χ3n) is 3.79. The zero-order chi connectivity index (χ0) is 18.5. The molecule has 1 aliphatic heterocycles. The number of aliphatic imine (C=N–C) groups is 1. The second-order valence-corrected chi connectivity index (χ2v) is 5.55. The van der Waals surface area contributed by atoms with Gasteiger partial charge in [-0.25, -0.2) is 4.99 Å². The van der Waals surface area contributed by atoms with Crippen LogP contribution in [0.4, 0.5) is 0 Å². The molecule has 0 radical (unpaired) electrons. The third kappa shape index (κ3) is 3.85. The van der Waals surface area contributed by atoms with E-state index in [-0.39, 0.29) is 5.91 Å². The third-order valence-corrected chi connectivity index (χ3v) is 3.79. The Balaban J connectivity index is 1.93. The van der Waals surface area contributed by atoms with E-state index in [0.29, 0.717) is 35.2 Å². The minimum absolute atomic E-state index is 0.261. The maximum absolute atomic E-state index is 12.3. The van der Waals surface area contributed by atoms with E-state index in [0.717, 1.165) is 11.3 Å². The van der Waals surface area contributed by atoms with Crippen LogP contribution in [0.15, 0.2) is 53.2 Å². The number of amides is 1. The molecule has 2 aromatic rings. The number of nitrogens with one attached hydrogen (secondary N) is 1. The molecule has 134 valence electrons. The van der Waals surface area contributed by atoms with Crippen molar-refractivity contribution in [2.45, 2.75) is 6.92 Å². The molecule has 26 heavy (non-hydrogen) atoms. The molecule has 1 aliphatic rings. The van der Waals surface area contributed by atoms with Crippen LogP contribution in [0.3, 0.4) is 0 Å². The largest absolute Gasteiger partial charge is 0.497 e. The lowest BCUT2D eigenvalue weighted by Gasteiger charge is -2.08. The van der Waals surface area contributed by atoms with Gasteiger partial charge >= 0.3 is 0 Å². The number of rotatable bonds is 6. The van der Waals surface area contributed by atoms with Crippen LogP contribution in [-0.2, 0) is 4.79 Å². The maximum atomic E-state index is 12.3. The van der Waals surface area contributed by atoms with E-state index in [1.807, 2.05) is 31.2 Å². The predicted octanol–water partition coefficient (Wildman–Crippen LogP) is 3.02. The van der Waals surface area contributed by atoms with Gasteiger partial charge in [-0.1, -0.05) is 12.1 Å². The number of ether oxygens (including phenoxy) is 3. The van der Waals surface area contributed by atoms with Crippen molar-refractivity contribution in [1.29, 1.82) is 0 Å². The summed E-state index contributed by atoms with van der Waals surface area (Å²) in [5.74, 6) is 2.20. The van der Waals surface area contributed by atoms with Gasteiger partial charge in [0.2, 0.25) is 0 Å². The van der Waals surface area contributed by atoms with E-state index < -0.39 is 0 Å². The van der Waals surface area contributed by atoms with Crippen LogP contribution in [0.2, 0.25) is 0 Å². The summed E-state index contributed by atoms with van der Waals surface area (Å²) in [5, 5.41) is 2.78. The van der Waals surface area contributed by atoms with E-state index in [9.17, 15) is 4.79 Å². The number of hydrogen-bond acceptors (Lipinski definition) is 5. The quantitative estimate of drug-likeness (QED) is 0.812. The van der Waals surface area contributed by atoms with Gasteiger partial charge in [-0.15, -0.1) is 0 Å². The number of nitrogens with zero attached hydrogens (tertiary/aromatic N) is 1. The molecular weight excluding hydrogens is 332 g/mol. The van der Waals surface area contributed by atoms with Gasteiger partial charge in [0.05, 0.1) is 20.8 Å². The highest BCUT2D eigenvalue weighted by Gasteiger charge is 2.22. The van der Waals surface area contributed by atoms with Crippen molar-refractivity contribution in [3.8, 4) is 17.2 Å². The van der Waals surface area contributed by atoms with Crippen LogP contribution in [0.5, 0.6) is 17.2 Å². The molecule has 0 aromatic heterocycles. The Labute approximate surface area is 152 Å². The minimum atomic E-state index is -0.261. The Morgan fingerprint density at radius 2 is 1.77 bits per heavy atom. The standard InChI is InChI=1S/C20H20N2O4/c1-4-26-15-7-5-6-13(8-15)9-18-20(23)22-19(21-18)14-10-16(24-2)12-17(11-14)25-3/h5-12H,4H2,1-3H3,(H,21,22,23)/b18-9+. The first kappa shape index (κ1) is 17.5. The topological polar surface area (TPSA) is 69.2 Å². The van der Waals surface area contributed by atoms with Gasteiger partial charge in [0.15, 0.2) is 0 Å². The van der Waals surface area contributed by atoms with E-state index in [2.05, 4.69) is 10.3 Å². The lowest BCUT2D eigenvalue weighted by atomic mass is 10.2. The van der Waals surface area contributed by atoms with Gasteiger partial charge in [-0.3, -0.25) is 4.79 Å². The van der Waals surface area contributed by atoms with Crippen LogP contribution in [0.25, 0.3) is 6.08 Å². The molecular formula is C20H20N2O4. The van der Waals surface area contributed by atoms with Gasteiger partial charge < -0.3 is 19.5 Å². The van der Waals surface area contributed by atoms with Crippen LogP contribution in [0, 0.1) is 0 Å². The molecule has 0 unspecified atom stereocenters. The summed E-state index contributed by atoms with van der Waals surface area (Å²) in [6.45, 7) is 2.51. The van der Waals surface area contributed by atoms with Crippen molar-refractivity contribution in [3.63, 3.8) is 0 Å². The van der Waals surface area contributed by atoms with Gasteiger partial charge in [0, 0.05) is 11.6 Å². The predicted molar refractivity (Wildman–Crippen MR) is 99.8 cm³/mol. The first-order chi connectivity index (χ1) is 12.6. The highest BCUT2D eigenvalue weighted by atomic mass is 16.5. The second-order valence-electron chi connectivity index (χ2n) is 5.55. The fraction of sp³-hybridized carbons (Fsp3) is 0.200. The van der Waals surface area contributed by atoms with Crippen molar-refractivity contribution < 1.29 is 19.0 Å². The molecule has 0 bridgehead atoms. The number of benzene rings is 2. The van der Waals surface area contributed by atoms with E-state index in [4.69, 9.17) is 14.2 Å². The summed E-state index contributed by atoms with van der Waals surface area (Å²) >= 11 is 0. The van der Waals surface area contributed by atoms with E-state index in [1.54, 1.807) is 38.5 Å². The molecule has 3 rings (SSSR count). The number of carbonyl (C=O) groups is 1. The lowest BCUT2D eigenvalue weighted by molar-refractivity contribution is -0.115. The Hall–Kier alpha value is -3.28. The van der Waals surface area contributed by atoms with Crippen molar-refractivity contribution in [2.24, 2.45) is 4.99 Å². The fourth-order valence-electron chi connectivity index (χ4n) is 2.57. The van der Waals surface area contributed by atoms with Crippen LogP contribution >= 0.6 is 0 Å². The van der Waals surface area contributed by atoms with Gasteiger partial charge in [-0.05, 0) is 42.8 Å². The molecule has 6 heteroatoms. The molecule has 0 aliphatic carbocycles. The van der Waals surface area contributed by atoms with E-state index in [1.165, 1.54) is 0 Å². The first-order valence-electron chi connectivity index (χ1n) is 8.21. The molecule has 2 aromatic carbocycles. The van der Waals surface area contributed by atoms with Crippen molar-refractivity contribution in [2.75, 3.05) is 20.8 Å². The normalized spacial score (nSPS) is 14.8. The highest BCUT2D eigenvalue weighted by Crippen LogP contribution is 2.25. The van der Waals surface area contributed by atoms with Crippen molar-refractivity contribution in [1.82, 2.24) is 5.32 Å². The zero-order valence-corrected chi connectivity index (χ0v) is 14.9. The highest BCUT2D eigenvalue weighted by molar-refractivity contribution is 6.20. The van der Waals surface area contributed by atoms with Crippen molar-refractivity contribution in [3.05, 3.63) is 59.3 Å². The summed E-state index contributed by atoms with van der Waals surface area (Å²) in [7, 11) is 3.15. The molecule has 0 fully saturated rings. The van der Waals surface area contributed by atoms with Gasteiger partial charge in [0.1, 0.15) is 28.8 Å². The van der Waals surface area contributed by atoms with Crippen LogP contribution < -0.4 is 19.5 Å². The van der Waals surface area contributed by atoms with Crippen LogP contribution in [0.1, 0.15) is 18.1 Å². The Morgan fingerprint density at radius 3 is 2.42 bits per heavy atom. The molecule has 0 saturated heterocycles. The fourth-order valence-corrected chi connectivity index (χ4v) is 2.57. The summed E-state index contributed by atoms with van der Waals surface area (Å²) < 4.78 is 16.0. The Kier molecular flexibility index (Phi) is 5.22. The zero-order valence-electron chi connectivity index (χ0n) is 14.9. The summed E-state index contributed by atoms with van der Waals surface area (Å²) in [6, 6.07) is 12.9. The van der Waals surface area contributed by atoms with Gasteiger partial charge in [0.25, 0.3) is 5.91 Å². The maximum Gasteiger partial charge on any atom is 0.275 e. The molecule has 1 amide bonds. The van der Waals surface area contributed by atoms with Crippen LogP contribution in [-0.4, -0.2) is 32.6 Å². The molecule has 6 nitrogen and oxygen atoms in total. The SMILES string of the molecule is CCOc1cccc(/C=C2/N=C(c3cc(OC)cc(OC)c3)NC2=O)c1. The first-order valence-corrected chi connectivity index (χ1v) is 8.21. The number of methoxy groups -OCH3 is 2. The molecule has 0 spiro atoms. The molecule has 0 atom stereocenters. The van der Waals surface area contributed by atoms with Crippen molar-refractivity contribution >= 4 is 17.8 Å². The molecule has 1 heterocycles. The monoisotopic (exact) mass is 352 g/mol. The summed E-state index contributed by atoms with van der Waals surface area (Å²) in [6.07, 6.45) is 1.72. The average molecular weight is 352 g/mol. The number of hydrogen-bond donors (Lipinski definition) is 1. The smallest absolute Gasteiger partial charge is 0.275 e. The molecule has 0 saturated carbocycles. The Bertz CT molecular complexity index is 865. The number of carbonyl (C=O) groups excluding carboxylic acids is 1. The second kappa shape index (κ2) is 7.74. The minimum Gasteiger partial charge on any atom is -0.497 e.